The molecule has 4 N–H and O–H groups in total. The first-order valence-electron chi connectivity index (χ1n) is 11.2. The fraction of sp³-hybridized carbons (Fsp3) is 0.700. The second kappa shape index (κ2) is 11.0. The Balaban J connectivity index is 0.000000406. The van der Waals surface area contributed by atoms with Crippen LogP contribution in [0.2, 0.25) is 0 Å². The molecule has 1 aromatic rings. The lowest BCUT2D eigenvalue weighted by molar-refractivity contribution is -0.192. The van der Waals surface area contributed by atoms with E-state index in [-0.39, 0.29) is 17.9 Å². The number of aromatic nitrogens is 2. The number of aliphatic carboxylic acids is 1. The third-order valence-electron chi connectivity index (χ3n) is 6.17. The molecule has 2 saturated heterocycles. The minimum absolute atomic E-state index is 0.0193. The Labute approximate surface area is 194 Å². The number of nitrogens with two attached hydrogens (primary N) is 1. The van der Waals surface area contributed by atoms with Crippen molar-refractivity contribution in [2.75, 3.05) is 58.9 Å². The molecular formula is C20H30F3N7O4. The van der Waals surface area contributed by atoms with Crippen LogP contribution < -0.4 is 11.1 Å². The monoisotopic (exact) mass is 489 g/mol. The van der Waals surface area contributed by atoms with Gasteiger partial charge in [0.2, 0.25) is 0 Å². The topological polar surface area (TPSA) is 137 Å². The number of nitrogens with zero attached hydrogens (tertiary/aromatic N) is 5. The number of alkyl halides is 3. The van der Waals surface area contributed by atoms with Crippen molar-refractivity contribution >= 4 is 17.9 Å². The van der Waals surface area contributed by atoms with Gasteiger partial charge in [-0.15, -0.1) is 0 Å². The molecule has 0 aromatic carbocycles. The van der Waals surface area contributed by atoms with E-state index in [1.54, 1.807) is 6.20 Å². The summed E-state index contributed by atoms with van der Waals surface area (Å²) in [6, 6.07) is 0.0923. The highest BCUT2D eigenvalue weighted by atomic mass is 19.4. The van der Waals surface area contributed by atoms with Crippen LogP contribution in [0.1, 0.15) is 34.8 Å². The van der Waals surface area contributed by atoms with Crippen LogP contribution in [0.25, 0.3) is 0 Å². The van der Waals surface area contributed by atoms with E-state index in [0.717, 1.165) is 51.3 Å². The summed E-state index contributed by atoms with van der Waals surface area (Å²) >= 11 is 0. The van der Waals surface area contributed by atoms with Crippen LogP contribution in [0.4, 0.5) is 18.0 Å². The van der Waals surface area contributed by atoms with Crippen LogP contribution in [0.3, 0.4) is 0 Å². The maximum Gasteiger partial charge on any atom is 0.490 e. The molecule has 4 rings (SSSR count). The van der Waals surface area contributed by atoms with E-state index in [4.69, 9.17) is 15.6 Å². The number of nitrogens with one attached hydrogen (secondary N) is 1. The SMILES string of the molecule is NCC1CCCn2ncc(C(=O)N3CCN(C(=O)N4CCNCC4)CC3)c21.O=C(O)C(F)(F)F. The number of fused-ring (bicyclic) bond motifs is 1. The summed E-state index contributed by atoms with van der Waals surface area (Å²) in [7, 11) is 0. The van der Waals surface area contributed by atoms with E-state index in [9.17, 15) is 22.8 Å². The van der Waals surface area contributed by atoms with Crippen LogP contribution in [-0.4, -0.2) is 113 Å². The Bertz CT molecular complexity index is 878. The van der Waals surface area contributed by atoms with Crippen LogP contribution in [-0.2, 0) is 11.3 Å². The van der Waals surface area contributed by atoms with Crippen molar-refractivity contribution in [2.24, 2.45) is 5.73 Å². The highest BCUT2D eigenvalue weighted by molar-refractivity contribution is 5.95. The van der Waals surface area contributed by atoms with Gasteiger partial charge in [0.1, 0.15) is 0 Å². The van der Waals surface area contributed by atoms with Gasteiger partial charge in [0.25, 0.3) is 5.91 Å². The summed E-state index contributed by atoms with van der Waals surface area (Å²) in [6.45, 7) is 6.88. The van der Waals surface area contributed by atoms with E-state index >= 15 is 0 Å². The van der Waals surface area contributed by atoms with E-state index in [0.29, 0.717) is 38.3 Å². The number of aryl methyl sites for hydroxylation is 1. The van der Waals surface area contributed by atoms with Crippen molar-refractivity contribution in [3.63, 3.8) is 0 Å². The van der Waals surface area contributed by atoms with Crippen molar-refractivity contribution in [2.45, 2.75) is 31.5 Å². The smallest absolute Gasteiger partial charge is 0.475 e. The van der Waals surface area contributed by atoms with Gasteiger partial charge in [-0.25, -0.2) is 9.59 Å². The molecule has 0 aliphatic carbocycles. The number of carbonyl (C=O) groups is 3. The van der Waals surface area contributed by atoms with Gasteiger partial charge in [0, 0.05) is 71.4 Å². The minimum atomic E-state index is -5.08. The molecule has 3 amide bonds. The molecule has 1 aromatic heterocycles. The largest absolute Gasteiger partial charge is 0.490 e. The summed E-state index contributed by atoms with van der Waals surface area (Å²) in [4.78, 5) is 40.2. The van der Waals surface area contributed by atoms with E-state index in [1.165, 1.54) is 0 Å². The molecule has 0 bridgehead atoms. The summed E-state index contributed by atoms with van der Waals surface area (Å²) in [6.07, 6.45) is -1.32. The first kappa shape index (κ1) is 25.7. The number of hydrogen-bond acceptors (Lipinski definition) is 6. The van der Waals surface area contributed by atoms with Gasteiger partial charge in [-0.3, -0.25) is 9.48 Å². The zero-order chi connectivity index (χ0) is 24.9. The number of rotatable bonds is 2. The highest BCUT2D eigenvalue weighted by Gasteiger charge is 2.38. The maximum atomic E-state index is 13.1. The average molecular weight is 489 g/mol. The Kier molecular flexibility index (Phi) is 8.36. The first-order valence-corrected chi connectivity index (χ1v) is 11.2. The fourth-order valence-corrected chi connectivity index (χ4v) is 4.35. The van der Waals surface area contributed by atoms with Crippen LogP contribution in [0, 0.1) is 0 Å². The normalized spacial score (nSPS) is 20.8. The Morgan fingerprint density at radius 2 is 1.59 bits per heavy atom. The molecule has 34 heavy (non-hydrogen) atoms. The number of urea groups is 1. The van der Waals surface area contributed by atoms with Crippen molar-refractivity contribution in [3.05, 3.63) is 17.5 Å². The molecule has 1 atom stereocenters. The molecule has 3 aliphatic heterocycles. The molecule has 3 aliphatic rings. The fourth-order valence-electron chi connectivity index (χ4n) is 4.35. The van der Waals surface area contributed by atoms with Gasteiger partial charge < -0.3 is 30.9 Å². The van der Waals surface area contributed by atoms with Gasteiger partial charge in [-0.05, 0) is 12.8 Å². The second-order valence-electron chi connectivity index (χ2n) is 8.34. The van der Waals surface area contributed by atoms with Crippen molar-refractivity contribution in [1.82, 2.24) is 29.8 Å². The summed E-state index contributed by atoms with van der Waals surface area (Å²) in [5.74, 6) is -2.53. The second-order valence-corrected chi connectivity index (χ2v) is 8.34. The van der Waals surface area contributed by atoms with Crippen LogP contribution in [0.15, 0.2) is 6.20 Å². The molecule has 0 spiro atoms. The lowest BCUT2D eigenvalue weighted by Crippen LogP contribution is -2.57. The molecular weight excluding hydrogens is 459 g/mol. The standard InChI is InChI=1S/C18H29N7O2.C2HF3O2/c19-12-14-2-1-5-25-16(14)15(13-21-25)17(26)22-8-10-24(11-9-22)18(27)23-6-3-20-4-7-23;3-2(4,5)1(6)7/h13-14,20H,1-12,19H2;(H,6,7). The minimum Gasteiger partial charge on any atom is -0.475 e. The van der Waals surface area contributed by atoms with Gasteiger partial charge in [-0.1, -0.05) is 0 Å². The summed E-state index contributed by atoms with van der Waals surface area (Å²) in [5, 5.41) is 14.8. The molecule has 4 heterocycles. The number of piperazine rings is 2. The predicted molar refractivity (Wildman–Crippen MR) is 114 cm³/mol. The lowest BCUT2D eigenvalue weighted by atomic mass is 9.93. The third-order valence-corrected chi connectivity index (χ3v) is 6.17. The van der Waals surface area contributed by atoms with Crippen LogP contribution >= 0.6 is 0 Å². The summed E-state index contributed by atoms with van der Waals surface area (Å²) in [5.41, 5.74) is 7.61. The first-order chi connectivity index (χ1) is 16.1. The Morgan fingerprint density at radius 1 is 1.03 bits per heavy atom. The molecule has 1 unspecified atom stereocenters. The molecule has 190 valence electrons. The van der Waals surface area contributed by atoms with Gasteiger partial charge >= 0.3 is 18.2 Å². The van der Waals surface area contributed by atoms with E-state index in [1.807, 2.05) is 19.4 Å². The average Bonchev–Trinajstić information content (AvgIpc) is 3.28. The van der Waals surface area contributed by atoms with E-state index < -0.39 is 12.1 Å². The summed E-state index contributed by atoms with van der Waals surface area (Å²) < 4.78 is 33.7. The zero-order valence-electron chi connectivity index (χ0n) is 18.8. The maximum absolute atomic E-state index is 13.1. The van der Waals surface area contributed by atoms with E-state index in [2.05, 4.69) is 10.4 Å². The van der Waals surface area contributed by atoms with Gasteiger partial charge in [0.15, 0.2) is 0 Å². The van der Waals surface area contributed by atoms with Gasteiger partial charge in [-0.2, -0.15) is 18.3 Å². The quantitative estimate of drug-likeness (QED) is 0.537. The molecule has 0 saturated carbocycles. The molecule has 2 fully saturated rings. The zero-order valence-corrected chi connectivity index (χ0v) is 18.8. The Hall–Kier alpha value is -2.87. The molecule has 0 radical (unpaired) electrons. The third kappa shape index (κ3) is 5.97. The predicted octanol–water partition coefficient (Wildman–Crippen LogP) is 0.136. The Morgan fingerprint density at radius 3 is 2.15 bits per heavy atom. The van der Waals surface area contributed by atoms with Crippen molar-refractivity contribution in [3.8, 4) is 0 Å². The van der Waals surface area contributed by atoms with Crippen molar-refractivity contribution in [1.29, 1.82) is 0 Å². The number of halogens is 3. The lowest BCUT2D eigenvalue weighted by Gasteiger charge is -2.38. The van der Waals surface area contributed by atoms with Crippen LogP contribution in [0.5, 0.6) is 0 Å². The highest BCUT2D eigenvalue weighted by Crippen LogP contribution is 2.29. The molecule has 14 heteroatoms. The van der Waals surface area contributed by atoms with Crippen molar-refractivity contribution < 1.29 is 32.7 Å². The molecule has 11 nitrogen and oxygen atoms in total. The number of carbonyl (C=O) groups excluding carboxylic acids is 2. The number of carboxylic acid groups (broad SMARTS) is 1. The van der Waals surface area contributed by atoms with Gasteiger partial charge in [0.05, 0.1) is 17.5 Å². The number of hydrogen-bond donors (Lipinski definition) is 3. The number of amides is 3. The number of carboxylic acids is 1.